The second-order valence-corrected chi connectivity index (χ2v) is 6.56. The van der Waals surface area contributed by atoms with E-state index >= 15 is 0 Å². The molecule has 1 amide bonds. The molecular weight excluding hydrogens is 367 g/mol. The fraction of sp³-hybridized carbons (Fsp3) is 0.350. The maximum absolute atomic E-state index is 12.9. The summed E-state index contributed by atoms with van der Waals surface area (Å²) in [6.07, 6.45) is -0.290. The Morgan fingerprint density at radius 1 is 1.11 bits per heavy atom. The number of ether oxygens (including phenoxy) is 2. The molecule has 7 nitrogen and oxygen atoms in total. The lowest BCUT2D eigenvalue weighted by atomic mass is 10.1. The molecule has 0 saturated heterocycles. The standard InChI is InChI=1S/C20H23FN2O5/c1-11(2)28-19(25)17-12(3)18(23-13(17)4)20(26)27-10-16(24)22-9-14-5-7-15(21)8-6-14/h5-8,11,23H,9-10H2,1-4H3,(H,22,24). The summed E-state index contributed by atoms with van der Waals surface area (Å²) >= 11 is 0. The maximum atomic E-state index is 12.9. The highest BCUT2D eigenvalue weighted by atomic mass is 19.1. The summed E-state index contributed by atoms with van der Waals surface area (Å²) in [5.41, 5.74) is 1.97. The van der Waals surface area contributed by atoms with E-state index in [0.717, 1.165) is 0 Å². The molecule has 0 bridgehead atoms. The third-order valence-electron chi connectivity index (χ3n) is 3.93. The van der Waals surface area contributed by atoms with Gasteiger partial charge in [-0.1, -0.05) is 12.1 Å². The van der Waals surface area contributed by atoms with Crippen LogP contribution >= 0.6 is 0 Å². The molecule has 0 aliphatic carbocycles. The molecule has 0 radical (unpaired) electrons. The Bertz CT molecular complexity index is 871. The van der Waals surface area contributed by atoms with Gasteiger partial charge in [0.25, 0.3) is 5.91 Å². The molecule has 2 rings (SSSR count). The van der Waals surface area contributed by atoms with Crippen LogP contribution in [-0.4, -0.2) is 35.5 Å². The number of benzene rings is 1. The van der Waals surface area contributed by atoms with Crippen LogP contribution in [-0.2, 0) is 20.8 Å². The SMILES string of the molecule is Cc1[nH]c(C(=O)OCC(=O)NCc2ccc(F)cc2)c(C)c1C(=O)OC(C)C. The quantitative estimate of drug-likeness (QED) is 0.709. The Kier molecular flexibility index (Phi) is 6.92. The predicted molar refractivity (Wildman–Crippen MR) is 99.3 cm³/mol. The van der Waals surface area contributed by atoms with Crippen molar-refractivity contribution in [1.29, 1.82) is 0 Å². The van der Waals surface area contributed by atoms with E-state index in [4.69, 9.17) is 9.47 Å². The number of halogens is 1. The Hall–Kier alpha value is -3.16. The number of carbonyl (C=O) groups excluding carboxylic acids is 3. The van der Waals surface area contributed by atoms with E-state index in [9.17, 15) is 18.8 Å². The van der Waals surface area contributed by atoms with Crippen LogP contribution in [0.5, 0.6) is 0 Å². The number of nitrogens with one attached hydrogen (secondary N) is 2. The van der Waals surface area contributed by atoms with Crippen LogP contribution < -0.4 is 5.32 Å². The highest BCUT2D eigenvalue weighted by Gasteiger charge is 2.24. The van der Waals surface area contributed by atoms with Crippen LogP contribution in [0.15, 0.2) is 24.3 Å². The lowest BCUT2D eigenvalue weighted by Gasteiger charge is -2.08. The minimum atomic E-state index is -0.749. The molecule has 0 saturated carbocycles. The van der Waals surface area contributed by atoms with Gasteiger partial charge in [0.1, 0.15) is 11.5 Å². The zero-order chi connectivity index (χ0) is 20.8. The molecule has 2 N–H and O–H groups in total. The summed E-state index contributed by atoms with van der Waals surface area (Å²) in [5, 5.41) is 2.57. The summed E-state index contributed by atoms with van der Waals surface area (Å²) in [7, 11) is 0. The van der Waals surface area contributed by atoms with Gasteiger partial charge in [0.05, 0.1) is 11.7 Å². The van der Waals surface area contributed by atoms with E-state index in [0.29, 0.717) is 16.8 Å². The number of amides is 1. The molecule has 1 aromatic carbocycles. The van der Waals surface area contributed by atoms with E-state index in [1.165, 1.54) is 12.1 Å². The first-order valence-corrected chi connectivity index (χ1v) is 8.77. The van der Waals surface area contributed by atoms with Crippen LogP contribution in [0.3, 0.4) is 0 Å². The molecule has 0 fully saturated rings. The Balaban J connectivity index is 1.93. The zero-order valence-corrected chi connectivity index (χ0v) is 16.2. The number of H-pyrrole nitrogens is 1. The highest BCUT2D eigenvalue weighted by molar-refractivity contribution is 5.99. The molecule has 28 heavy (non-hydrogen) atoms. The first-order valence-electron chi connectivity index (χ1n) is 8.77. The number of hydrogen-bond donors (Lipinski definition) is 2. The monoisotopic (exact) mass is 390 g/mol. The van der Waals surface area contributed by atoms with E-state index in [-0.39, 0.29) is 29.7 Å². The van der Waals surface area contributed by atoms with Crippen molar-refractivity contribution in [3.8, 4) is 0 Å². The summed E-state index contributed by atoms with van der Waals surface area (Å²) in [4.78, 5) is 39.1. The van der Waals surface area contributed by atoms with Crippen LogP contribution in [0.25, 0.3) is 0 Å². The third-order valence-corrected chi connectivity index (χ3v) is 3.93. The van der Waals surface area contributed by atoms with Crippen molar-refractivity contribution in [3.05, 3.63) is 58.2 Å². The van der Waals surface area contributed by atoms with E-state index in [1.807, 2.05) is 0 Å². The molecule has 0 aliphatic heterocycles. The minimum absolute atomic E-state index is 0.0968. The van der Waals surface area contributed by atoms with E-state index < -0.39 is 24.5 Å². The van der Waals surface area contributed by atoms with E-state index in [2.05, 4.69) is 10.3 Å². The van der Waals surface area contributed by atoms with Crippen molar-refractivity contribution >= 4 is 17.8 Å². The molecule has 150 valence electrons. The fourth-order valence-corrected chi connectivity index (χ4v) is 2.59. The molecule has 1 aromatic heterocycles. The van der Waals surface area contributed by atoms with Gasteiger partial charge in [-0.2, -0.15) is 0 Å². The number of esters is 2. The lowest BCUT2D eigenvalue weighted by molar-refractivity contribution is -0.124. The summed E-state index contributed by atoms with van der Waals surface area (Å²) in [6, 6.07) is 5.68. The van der Waals surface area contributed by atoms with Crippen LogP contribution in [0.1, 0.15) is 51.5 Å². The Labute approximate surface area is 162 Å². The molecule has 0 aliphatic rings. The number of hydrogen-bond acceptors (Lipinski definition) is 5. The smallest absolute Gasteiger partial charge is 0.355 e. The van der Waals surface area contributed by atoms with Crippen molar-refractivity contribution in [3.63, 3.8) is 0 Å². The maximum Gasteiger partial charge on any atom is 0.355 e. The van der Waals surface area contributed by atoms with Crippen molar-refractivity contribution in [2.75, 3.05) is 6.61 Å². The average molecular weight is 390 g/mol. The largest absolute Gasteiger partial charge is 0.459 e. The third kappa shape index (κ3) is 5.42. The van der Waals surface area contributed by atoms with Gasteiger partial charge < -0.3 is 19.8 Å². The number of carbonyl (C=O) groups is 3. The van der Waals surface area contributed by atoms with Gasteiger partial charge in [0.15, 0.2) is 6.61 Å². The highest BCUT2D eigenvalue weighted by Crippen LogP contribution is 2.20. The summed E-state index contributed by atoms with van der Waals surface area (Å²) in [6.45, 7) is 6.41. The number of aromatic nitrogens is 1. The average Bonchev–Trinajstić information content (AvgIpc) is 2.93. The van der Waals surface area contributed by atoms with Crippen LogP contribution in [0.4, 0.5) is 4.39 Å². The predicted octanol–water partition coefficient (Wildman–Crippen LogP) is 2.81. The van der Waals surface area contributed by atoms with E-state index in [1.54, 1.807) is 39.8 Å². The number of aromatic amines is 1. The van der Waals surface area contributed by atoms with Crippen molar-refractivity contribution in [1.82, 2.24) is 10.3 Å². The topological polar surface area (TPSA) is 97.5 Å². The number of aryl methyl sites for hydroxylation is 1. The molecular formula is C20H23FN2O5. The van der Waals surface area contributed by atoms with Gasteiger partial charge in [-0.25, -0.2) is 14.0 Å². The molecule has 0 spiro atoms. The van der Waals surface area contributed by atoms with Gasteiger partial charge in [-0.3, -0.25) is 4.79 Å². The van der Waals surface area contributed by atoms with Gasteiger partial charge in [-0.05, 0) is 51.0 Å². The molecule has 0 unspecified atom stereocenters. The Morgan fingerprint density at radius 3 is 2.36 bits per heavy atom. The van der Waals surface area contributed by atoms with Gasteiger partial charge in [-0.15, -0.1) is 0 Å². The lowest BCUT2D eigenvalue weighted by Crippen LogP contribution is -2.28. The fourth-order valence-electron chi connectivity index (χ4n) is 2.59. The van der Waals surface area contributed by atoms with Gasteiger partial charge >= 0.3 is 11.9 Å². The zero-order valence-electron chi connectivity index (χ0n) is 16.2. The first-order chi connectivity index (χ1) is 13.2. The number of rotatable bonds is 7. The van der Waals surface area contributed by atoms with Crippen molar-refractivity contribution in [2.24, 2.45) is 0 Å². The summed E-state index contributed by atoms with van der Waals surface area (Å²) < 4.78 is 23.0. The summed E-state index contributed by atoms with van der Waals surface area (Å²) in [5.74, 6) is -2.14. The second kappa shape index (κ2) is 9.16. The van der Waals surface area contributed by atoms with Crippen molar-refractivity contribution in [2.45, 2.75) is 40.3 Å². The van der Waals surface area contributed by atoms with Crippen LogP contribution in [0, 0.1) is 19.7 Å². The van der Waals surface area contributed by atoms with Crippen molar-refractivity contribution < 1.29 is 28.2 Å². The first kappa shape index (κ1) is 21.1. The molecule has 2 aromatic rings. The molecule has 8 heteroatoms. The molecule has 0 atom stereocenters. The van der Waals surface area contributed by atoms with Gasteiger partial charge in [0, 0.05) is 12.2 Å². The molecule has 1 heterocycles. The second-order valence-electron chi connectivity index (χ2n) is 6.56. The normalized spacial score (nSPS) is 10.6. The van der Waals surface area contributed by atoms with Gasteiger partial charge in [0.2, 0.25) is 0 Å². The minimum Gasteiger partial charge on any atom is -0.459 e. The van der Waals surface area contributed by atoms with Crippen LogP contribution in [0.2, 0.25) is 0 Å². The Morgan fingerprint density at radius 2 is 1.75 bits per heavy atom.